The molecule has 106 valence electrons. The average molecular weight is 295 g/mol. The van der Waals surface area contributed by atoms with Crippen LogP contribution in [0, 0.1) is 6.92 Å². The van der Waals surface area contributed by atoms with Crippen molar-refractivity contribution in [2.24, 2.45) is 0 Å². The second-order valence-corrected chi connectivity index (χ2v) is 4.79. The number of ether oxygens (including phenoxy) is 2. The average Bonchev–Trinajstić information content (AvgIpc) is 2.91. The van der Waals surface area contributed by atoms with Crippen LogP contribution >= 0.6 is 11.6 Å². The summed E-state index contributed by atoms with van der Waals surface area (Å²) in [6.45, 7) is 3.77. The maximum absolute atomic E-state index is 11.3. The molecule has 1 aromatic heterocycles. The van der Waals surface area contributed by atoms with Gasteiger partial charge >= 0.3 is 5.97 Å². The third-order valence-corrected chi connectivity index (χ3v) is 3.12. The highest BCUT2D eigenvalue weighted by molar-refractivity contribution is 6.32. The third kappa shape index (κ3) is 3.14. The smallest absolute Gasteiger partial charge is 0.373 e. The fraction of sp³-hybridized carbons (Fsp3) is 0.267. The molecular formula is C15H15ClO4. The molecule has 0 aliphatic carbocycles. The lowest BCUT2D eigenvalue weighted by Gasteiger charge is -2.14. The Balaban J connectivity index is 2.15. The molecule has 1 aromatic carbocycles. The largest absolute Gasteiger partial charge is 0.481 e. The van der Waals surface area contributed by atoms with E-state index in [1.807, 2.05) is 26.0 Å². The van der Waals surface area contributed by atoms with Gasteiger partial charge in [0.1, 0.15) is 11.5 Å². The lowest BCUT2D eigenvalue weighted by atomic mass is 10.2. The number of rotatable bonds is 4. The van der Waals surface area contributed by atoms with E-state index in [4.69, 9.17) is 20.8 Å². The van der Waals surface area contributed by atoms with E-state index in [-0.39, 0.29) is 11.9 Å². The normalized spacial score (nSPS) is 12.0. The van der Waals surface area contributed by atoms with Crippen molar-refractivity contribution in [3.05, 3.63) is 52.4 Å². The number of carbonyl (C=O) groups excluding carboxylic acids is 1. The van der Waals surface area contributed by atoms with Gasteiger partial charge in [-0.2, -0.15) is 0 Å². The Bertz CT molecular complexity index is 618. The van der Waals surface area contributed by atoms with Crippen molar-refractivity contribution >= 4 is 17.6 Å². The minimum absolute atomic E-state index is 0.147. The van der Waals surface area contributed by atoms with Crippen LogP contribution in [0.3, 0.4) is 0 Å². The van der Waals surface area contributed by atoms with Crippen molar-refractivity contribution < 1.29 is 18.7 Å². The number of hydrogen-bond acceptors (Lipinski definition) is 4. The summed E-state index contributed by atoms with van der Waals surface area (Å²) in [7, 11) is 1.30. The maximum Gasteiger partial charge on any atom is 0.373 e. The summed E-state index contributed by atoms with van der Waals surface area (Å²) in [6.07, 6.45) is -0.368. The number of aryl methyl sites for hydroxylation is 1. The highest BCUT2D eigenvalue weighted by Gasteiger charge is 2.17. The molecule has 0 amide bonds. The molecule has 1 atom stereocenters. The number of benzene rings is 1. The molecule has 0 fully saturated rings. The molecule has 0 aliphatic heterocycles. The SMILES string of the molecule is COC(=O)c1ccc(C(C)Oc2cc(C)ccc2Cl)o1. The number of hydrogen-bond donors (Lipinski definition) is 0. The van der Waals surface area contributed by atoms with Crippen molar-refractivity contribution in [3.8, 4) is 5.75 Å². The number of methoxy groups -OCH3 is 1. The van der Waals surface area contributed by atoms with Gasteiger partial charge in [-0.05, 0) is 43.7 Å². The van der Waals surface area contributed by atoms with Gasteiger partial charge in [0.25, 0.3) is 0 Å². The van der Waals surface area contributed by atoms with E-state index >= 15 is 0 Å². The van der Waals surface area contributed by atoms with Crippen molar-refractivity contribution in [2.75, 3.05) is 7.11 Å². The minimum Gasteiger partial charge on any atom is -0.481 e. The zero-order valence-electron chi connectivity index (χ0n) is 11.5. The Hall–Kier alpha value is -1.94. The van der Waals surface area contributed by atoms with Gasteiger partial charge in [-0.3, -0.25) is 0 Å². The zero-order valence-corrected chi connectivity index (χ0v) is 12.2. The van der Waals surface area contributed by atoms with Crippen molar-refractivity contribution in [1.29, 1.82) is 0 Å². The molecule has 2 rings (SSSR count). The van der Waals surface area contributed by atoms with Gasteiger partial charge in [-0.1, -0.05) is 17.7 Å². The molecule has 0 aliphatic rings. The number of carbonyl (C=O) groups is 1. The molecule has 0 saturated heterocycles. The monoisotopic (exact) mass is 294 g/mol. The van der Waals surface area contributed by atoms with Crippen LogP contribution in [0.5, 0.6) is 5.75 Å². The van der Waals surface area contributed by atoms with Crippen LogP contribution in [0.2, 0.25) is 5.02 Å². The molecule has 20 heavy (non-hydrogen) atoms. The van der Waals surface area contributed by atoms with Crippen molar-refractivity contribution in [1.82, 2.24) is 0 Å². The first kappa shape index (κ1) is 14.5. The highest BCUT2D eigenvalue weighted by atomic mass is 35.5. The fourth-order valence-electron chi connectivity index (χ4n) is 1.73. The summed E-state index contributed by atoms with van der Waals surface area (Å²) in [5.74, 6) is 0.739. The Morgan fingerprint density at radius 3 is 2.75 bits per heavy atom. The van der Waals surface area contributed by atoms with Crippen LogP contribution < -0.4 is 4.74 Å². The van der Waals surface area contributed by atoms with Crippen molar-refractivity contribution in [3.63, 3.8) is 0 Å². The van der Waals surface area contributed by atoms with Gasteiger partial charge < -0.3 is 13.9 Å². The molecule has 0 spiro atoms. The lowest BCUT2D eigenvalue weighted by molar-refractivity contribution is 0.0558. The Morgan fingerprint density at radius 1 is 1.30 bits per heavy atom. The van der Waals surface area contributed by atoms with E-state index in [2.05, 4.69) is 4.74 Å². The van der Waals surface area contributed by atoms with E-state index in [9.17, 15) is 4.79 Å². The van der Waals surface area contributed by atoms with E-state index in [1.54, 1.807) is 18.2 Å². The Morgan fingerprint density at radius 2 is 2.05 bits per heavy atom. The summed E-state index contributed by atoms with van der Waals surface area (Å²) in [5.41, 5.74) is 1.05. The standard InChI is InChI=1S/C15H15ClO4/c1-9-4-5-11(16)14(8-9)19-10(2)12-6-7-13(20-12)15(17)18-3/h4-8,10H,1-3H3. The predicted octanol–water partition coefficient (Wildman–Crippen LogP) is 4.17. The summed E-state index contributed by atoms with van der Waals surface area (Å²) in [6, 6.07) is 8.77. The number of halogens is 1. The van der Waals surface area contributed by atoms with E-state index < -0.39 is 5.97 Å². The first-order chi connectivity index (χ1) is 9.51. The second-order valence-electron chi connectivity index (χ2n) is 4.39. The van der Waals surface area contributed by atoms with Gasteiger partial charge in [0.2, 0.25) is 5.76 Å². The molecular weight excluding hydrogens is 280 g/mol. The molecule has 0 saturated carbocycles. The maximum atomic E-state index is 11.3. The molecule has 1 unspecified atom stereocenters. The highest BCUT2D eigenvalue weighted by Crippen LogP contribution is 2.30. The molecule has 0 radical (unpaired) electrons. The topological polar surface area (TPSA) is 48.7 Å². The van der Waals surface area contributed by atoms with Gasteiger partial charge in [-0.15, -0.1) is 0 Å². The Kier molecular flexibility index (Phi) is 4.35. The summed E-state index contributed by atoms with van der Waals surface area (Å²) in [4.78, 5) is 11.3. The van der Waals surface area contributed by atoms with Gasteiger partial charge in [0.05, 0.1) is 12.1 Å². The number of furan rings is 1. The van der Waals surface area contributed by atoms with E-state index in [1.165, 1.54) is 7.11 Å². The minimum atomic E-state index is -0.517. The second kappa shape index (κ2) is 6.01. The van der Waals surface area contributed by atoms with Gasteiger partial charge in [0.15, 0.2) is 6.10 Å². The Labute approximate surface area is 122 Å². The molecule has 0 N–H and O–H groups in total. The van der Waals surface area contributed by atoms with Crippen LogP contribution in [0.4, 0.5) is 0 Å². The van der Waals surface area contributed by atoms with Crippen LogP contribution in [-0.4, -0.2) is 13.1 Å². The number of esters is 1. The first-order valence-electron chi connectivity index (χ1n) is 6.12. The van der Waals surface area contributed by atoms with Gasteiger partial charge in [0, 0.05) is 0 Å². The molecule has 4 nitrogen and oxygen atoms in total. The lowest BCUT2D eigenvalue weighted by Crippen LogP contribution is -2.03. The van der Waals surface area contributed by atoms with Gasteiger partial charge in [-0.25, -0.2) is 4.79 Å². The fourth-order valence-corrected chi connectivity index (χ4v) is 1.89. The summed E-state index contributed by atoms with van der Waals surface area (Å²) in [5, 5.41) is 0.530. The summed E-state index contributed by atoms with van der Waals surface area (Å²) < 4.78 is 15.7. The summed E-state index contributed by atoms with van der Waals surface area (Å²) >= 11 is 6.08. The molecule has 5 heteroatoms. The van der Waals surface area contributed by atoms with Crippen LogP contribution in [-0.2, 0) is 4.74 Å². The molecule has 0 bridgehead atoms. The van der Waals surface area contributed by atoms with Crippen LogP contribution in [0.15, 0.2) is 34.7 Å². The first-order valence-corrected chi connectivity index (χ1v) is 6.50. The third-order valence-electron chi connectivity index (χ3n) is 2.80. The zero-order chi connectivity index (χ0) is 14.7. The van der Waals surface area contributed by atoms with E-state index in [0.717, 1.165) is 5.56 Å². The van der Waals surface area contributed by atoms with Crippen molar-refractivity contribution in [2.45, 2.75) is 20.0 Å². The van der Waals surface area contributed by atoms with E-state index in [0.29, 0.717) is 16.5 Å². The molecule has 1 heterocycles. The predicted molar refractivity (Wildman–Crippen MR) is 75.3 cm³/mol. The quantitative estimate of drug-likeness (QED) is 0.794. The van der Waals surface area contributed by atoms with Crippen LogP contribution in [0.1, 0.15) is 34.9 Å². The molecule has 2 aromatic rings. The van der Waals surface area contributed by atoms with Crippen LogP contribution in [0.25, 0.3) is 0 Å².